The van der Waals surface area contributed by atoms with E-state index < -0.39 is 0 Å². The number of halogens is 1. The lowest BCUT2D eigenvalue weighted by Gasteiger charge is -2.35. The Morgan fingerprint density at radius 1 is 1.32 bits per heavy atom. The Kier molecular flexibility index (Phi) is 2.97. The topological polar surface area (TPSA) is 43.8 Å². The molecule has 0 aliphatic heterocycles. The van der Waals surface area contributed by atoms with Crippen molar-refractivity contribution in [1.82, 2.24) is 9.55 Å². The smallest absolute Gasteiger partial charge is 0.201 e. The van der Waals surface area contributed by atoms with Crippen molar-refractivity contribution in [3.05, 3.63) is 23.2 Å². The number of para-hydroxylation sites is 1. The number of hydrogen-bond donors (Lipinski definition) is 1. The van der Waals surface area contributed by atoms with Gasteiger partial charge in [0.1, 0.15) is 0 Å². The van der Waals surface area contributed by atoms with Gasteiger partial charge in [-0.05, 0) is 43.2 Å². The van der Waals surface area contributed by atoms with Gasteiger partial charge in [0.2, 0.25) is 5.95 Å². The molecule has 0 spiro atoms. The second-order valence-electron chi connectivity index (χ2n) is 6.34. The fourth-order valence-corrected chi connectivity index (χ4v) is 3.40. The van der Waals surface area contributed by atoms with Crippen LogP contribution in [0.1, 0.15) is 45.6 Å². The van der Waals surface area contributed by atoms with Crippen molar-refractivity contribution in [3.8, 4) is 0 Å². The molecule has 0 amide bonds. The normalized spacial score (nSPS) is 19.9. The number of nitrogens with zero attached hydrogens (tertiary/aromatic N) is 2. The minimum atomic E-state index is 0.429. The van der Waals surface area contributed by atoms with Crippen molar-refractivity contribution >= 4 is 28.6 Å². The van der Waals surface area contributed by atoms with Gasteiger partial charge in [0.05, 0.1) is 16.1 Å². The van der Waals surface area contributed by atoms with Crippen LogP contribution < -0.4 is 5.73 Å². The van der Waals surface area contributed by atoms with E-state index in [2.05, 4.69) is 23.4 Å². The van der Waals surface area contributed by atoms with Gasteiger partial charge in [-0.2, -0.15) is 0 Å². The fourth-order valence-electron chi connectivity index (χ4n) is 3.14. The first-order valence-corrected chi connectivity index (χ1v) is 7.28. The molecule has 1 aliphatic carbocycles. The number of hydrogen-bond acceptors (Lipinski definition) is 2. The molecule has 0 radical (unpaired) electrons. The molecule has 4 heteroatoms. The van der Waals surface area contributed by atoms with Crippen LogP contribution in [-0.4, -0.2) is 9.55 Å². The first kappa shape index (κ1) is 12.8. The summed E-state index contributed by atoms with van der Waals surface area (Å²) in [7, 11) is 0. The van der Waals surface area contributed by atoms with Crippen LogP contribution in [0, 0.1) is 5.41 Å². The lowest BCUT2D eigenvalue weighted by molar-refractivity contribution is 0.197. The van der Waals surface area contributed by atoms with Crippen molar-refractivity contribution in [3.63, 3.8) is 0 Å². The van der Waals surface area contributed by atoms with Crippen molar-refractivity contribution in [2.75, 3.05) is 5.73 Å². The molecule has 102 valence electrons. The highest BCUT2D eigenvalue weighted by Gasteiger charge is 2.29. The van der Waals surface area contributed by atoms with E-state index in [-0.39, 0.29) is 0 Å². The van der Waals surface area contributed by atoms with Gasteiger partial charge in [0.25, 0.3) is 0 Å². The number of rotatable bonds is 1. The van der Waals surface area contributed by atoms with Crippen LogP contribution in [0.4, 0.5) is 5.95 Å². The number of anilines is 1. The Bertz CT molecular complexity index is 605. The van der Waals surface area contributed by atoms with Gasteiger partial charge in [0, 0.05) is 6.04 Å². The summed E-state index contributed by atoms with van der Waals surface area (Å²) in [5, 5.41) is 0.742. The van der Waals surface area contributed by atoms with E-state index in [0.29, 0.717) is 17.4 Å². The molecule has 1 heterocycles. The summed E-state index contributed by atoms with van der Waals surface area (Å²) in [5.74, 6) is 0.591. The molecule has 0 bridgehead atoms. The Hall–Kier alpha value is -1.22. The van der Waals surface area contributed by atoms with E-state index in [1.165, 1.54) is 12.8 Å². The van der Waals surface area contributed by atoms with Gasteiger partial charge >= 0.3 is 0 Å². The summed E-state index contributed by atoms with van der Waals surface area (Å²) in [6.07, 6.45) is 4.74. The summed E-state index contributed by atoms with van der Waals surface area (Å²) in [4.78, 5) is 4.44. The van der Waals surface area contributed by atoms with E-state index in [1.54, 1.807) is 0 Å². The molecule has 0 saturated heterocycles. The molecule has 1 aromatic heterocycles. The molecule has 1 aliphatic rings. The summed E-state index contributed by atoms with van der Waals surface area (Å²) >= 11 is 6.33. The van der Waals surface area contributed by atoms with Gasteiger partial charge in [-0.25, -0.2) is 4.98 Å². The monoisotopic (exact) mass is 277 g/mol. The first-order chi connectivity index (χ1) is 8.98. The molecule has 3 rings (SSSR count). The van der Waals surface area contributed by atoms with Crippen LogP contribution in [0.15, 0.2) is 18.2 Å². The average Bonchev–Trinajstić information content (AvgIpc) is 2.67. The molecular formula is C15H20ClN3. The molecule has 1 aromatic carbocycles. The minimum Gasteiger partial charge on any atom is -0.369 e. The van der Waals surface area contributed by atoms with E-state index in [1.807, 2.05) is 18.2 Å². The number of benzene rings is 1. The van der Waals surface area contributed by atoms with E-state index in [4.69, 9.17) is 17.3 Å². The molecule has 19 heavy (non-hydrogen) atoms. The van der Waals surface area contributed by atoms with Crippen molar-refractivity contribution < 1.29 is 0 Å². The standard InChI is InChI=1S/C15H20ClN3/c1-15(2)8-6-10(7-9-15)19-13-11(16)4-3-5-12(13)18-14(19)17/h3-5,10H,6-9H2,1-2H3,(H2,17,18). The van der Waals surface area contributed by atoms with Crippen LogP contribution in [0.5, 0.6) is 0 Å². The molecule has 3 nitrogen and oxygen atoms in total. The zero-order valence-corrected chi connectivity index (χ0v) is 12.2. The Morgan fingerprint density at radius 3 is 2.68 bits per heavy atom. The van der Waals surface area contributed by atoms with E-state index in [0.717, 1.165) is 28.9 Å². The third-order valence-corrected chi connectivity index (χ3v) is 4.67. The molecule has 2 N–H and O–H groups in total. The first-order valence-electron chi connectivity index (χ1n) is 6.90. The zero-order chi connectivity index (χ0) is 13.6. The van der Waals surface area contributed by atoms with Crippen LogP contribution in [0.2, 0.25) is 5.02 Å². The fraction of sp³-hybridized carbons (Fsp3) is 0.533. The second-order valence-corrected chi connectivity index (χ2v) is 6.75. The Labute approximate surface area is 118 Å². The van der Waals surface area contributed by atoms with Gasteiger partial charge < -0.3 is 10.3 Å². The molecule has 1 fully saturated rings. The van der Waals surface area contributed by atoms with Crippen LogP contribution in [0.3, 0.4) is 0 Å². The lowest BCUT2D eigenvalue weighted by Crippen LogP contribution is -2.24. The van der Waals surface area contributed by atoms with Crippen molar-refractivity contribution in [1.29, 1.82) is 0 Å². The van der Waals surface area contributed by atoms with Crippen LogP contribution in [-0.2, 0) is 0 Å². The molecule has 0 atom stereocenters. The van der Waals surface area contributed by atoms with Gasteiger partial charge in [-0.1, -0.05) is 31.5 Å². The zero-order valence-electron chi connectivity index (χ0n) is 11.5. The summed E-state index contributed by atoms with van der Waals surface area (Å²) in [6, 6.07) is 6.23. The third kappa shape index (κ3) is 2.20. The predicted molar refractivity (Wildman–Crippen MR) is 80.4 cm³/mol. The van der Waals surface area contributed by atoms with Crippen LogP contribution in [0.25, 0.3) is 11.0 Å². The molecule has 1 saturated carbocycles. The SMILES string of the molecule is CC1(C)CCC(n2c(N)nc3cccc(Cl)c32)CC1. The van der Waals surface area contributed by atoms with E-state index >= 15 is 0 Å². The lowest BCUT2D eigenvalue weighted by atomic mass is 9.75. The van der Waals surface area contributed by atoms with E-state index in [9.17, 15) is 0 Å². The van der Waals surface area contributed by atoms with Crippen molar-refractivity contribution in [2.24, 2.45) is 5.41 Å². The highest BCUT2D eigenvalue weighted by Crippen LogP contribution is 2.42. The third-order valence-electron chi connectivity index (χ3n) is 4.36. The maximum Gasteiger partial charge on any atom is 0.201 e. The molecule has 0 unspecified atom stereocenters. The molecule has 2 aromatic rings. The largest absolute Gasteiger partial charge is 0.369 e. The van der Waals surface area contributed by atoms with Gasteiger partial charge in [-0.3, -0.25) is 0 Å². The summed E-state index contributed by atoms with van der Waals surface area (Å²) in [5.41, 5.74) is 8.45. The quantitative estimate of drug-likeness (QED) is 0.839. The maximum atomic E-state index is 6.33. The van der Waals surface area contributed by atoms with Gasteiger partial charge in [0.15, 0.2) is 0 Å². The van der Waals surface area contributed by atoms with Crippen LogP contribution >= 0.6 is 11.6 Å². The highest BCUT2D eigenvalue weighted by molar-refractivity contribution is 6.35. The number of imidazole rings is 1. The van der Waals surface area contributed by atoms with Gasteiger partial charge in [-0.15, -0.1) is 0 Å². The minimum absolute atomic E-state index is 0.429. The summed E-state index contributed by atoms with van der Waals surface area (Å²) < 4.78 is 2.15. The average molecular weight is 278 g/mol. The number of aromatic nitrogens is 2. The summed E-state index contributed by atoms with van der Waals surface area (Å²) in [6.45, 7) is 4.68. The molecular weight excluding hydrogens is 258 g/mol. The maximum absolute atomic E-state index is 6.33. The predicted octanol–water partition coefficient (Wildman–Crippen LogP) is 4.41. The number of nitrogens with two attached hydrogens (primary N) is 1. The van der Waals surface area contributed by atoms with Crippen molar-refractivity contribution in [2.45, 2.75) is 45.6 Å². The Morgan fingerprint density at radius 2 is 2.00 bits per heavy atom. The second kappa shape index (κ2) is 4.41. The Balaban J connectivity index is 2.04. The highest BCUT2D eigenvalue weighted by atomic mass is 35.5. The number of fused-ring (bicyclic) bond motifs is 1. The number of nitrogen functional groups attached to an aromatic ring is 1.